The van der Waals surface area contributed by atoms with E-state index in [9.17, 15) is 14.7 Å². The van der Waals surface area contributed by atoms with Crippen molar-refractivity contribution < 1.29 is 28.9 Å². The molecule has 4 bridgehead atoms. The van der Waals surface area contributed by atoms with Gasteiger partial charge in [-0.1, -0.05) is 17.7 Å². The topological polar surface area (TPSA) is 82.1 Å². The fraction of sp³-hybridized carbons (Fsp3) is 0.500. The van der Waals surface area contributed by atoms with Crippen molar-refractivity contribution in [2.24, 2.45) is 5.92 Å². The number of allylic oxidation sites excluding steroid dienone is 1. The van der Waals surface area contributed by atoms with E-state index in [2.05, 4.69) is 0 Å². The Labute approximate surface area is 175 Å². The summed E-state index contributed by atoms with van der Waals surface area (Å²) in [6.45, 7) is 7.80. The van der Waals surface area contributed by atoms with Gasteiger partial charge in [0, 0.05) is 25.0 Å². The van der Waals surface area contributed by atoms with Crippen molar-refractivity contribution >= 4 is 11.6 Å². The van der Waals surface area contributed by atoms with Crippen LogP contribution in [-0.4, -0.2) is 46.2 Å². The first kappa shape index (κ1) is 19.5. The predicted octanol–water partition coefficient (Wildman–Crippen LogP) is 3.52. The average molecular weight is 410 g/mol. The molecular weight excluding hydrogens is 384 g/mol. The summed E-state index contributed by atoms with van der Waals surface area (Å²) >= 11 is 0. The molecule has 6 rings (SSSR count). The van der Waals surface area contributed by atoms with Crippen LogP contribution in [-0.2, 0) is 14.3 Å². The molecule has 2 aliphatic heterocycles. The largest absolute Gasteiger partial charge is 0.507 e. The van der Waals surface area contributed by atoms with E-state index in [4.69, 9.17) is 14.2 Å². The maximum atomic E-state index is 14.0. The molecule has 0 radical (unpaired) electrons. The number of carbonyl (C=O) groups is 2. The highest BCUT2D eigenvalue weighted by Crippen LogP contribution is 2.68. The lowest BCUT2D eigenvalue weighted by Gasteiger charge is -2.59. The third kappa shape index (κ3) is 1.97. The number of hydrogen-bond acceptors (Lipinski definition) is 6. The number of ketones is 2. The zero-order chi connectivity index (χ0) is 21.7. The average Bonchev–Trinajstić information content (AvgIpc) is 2.84. The van der Waals surface area contributed by atoms with Crippen LogP contribution in [0.5, 0.6) is 11.5 Å². The number of benzene rings is 1. The summed E-state index contributed by atoms with van der Waals surface area (Å²) in [6, 6.07) is 4.76. The lowest BCUT2D eigenvalue weighted by Crippen LogP contribution is -2.77. The van der Waals surface area contributed by atoms with Gasteiger partial charge in [-0.05, 0) is 52.3 Å². The summed E-state index contributed by atoms with van der Waals surface area (Å²) in [5.41, 5.74) is -3.13. The van der Waals surface area contributed by atoms with Crippen LogP contribution in [0.1, 0.15) is 50.9 Å². The molecular formula is C24H26O6. The second kappa shape index (κ2) is 5.62. The van der Waals surface area contributed by atoms with Crippen LogP contribution in [0.15, 0.2) is 41.5 Å². The molecule has 158 valence electrons. The second-order valence-electron chi connectivity index (χ2n) is 9.57. The zero-order valence-electron chi connectivity index (χ0n) is 17.9. The Kier molecular flexibility index (Phi) is 3.66. The van der Waals surface area contributed by atoms with Gasteiger partial charge in [0.05, 0.1) is 5.60 Å². The van der Waals surface area contributed by atoms with Crippen molar-refractivity contribution in [1.82, 2.24) is 0 Å². The SMILES string of the molecule is CO[C@]12C=C3C(=O)c4c(O)cccc4OC34[C@H](C1)C(C)(C)O[C@]4(CC=C(C)C)C2=O. The molecule has 1 N–H and O–H groups in total. The molecule has 3 aliphatic carbocycles. The van der Waals surface area contributed by atoms with Crippen LogP contribution in [0.25, 0.3) is 0 Å². The number of hydrogen-bond donors (Lipinski definition) is 1. The molecule has 30 heavy (non-hydrogen) atoms. The molecule has 4 atom stereocenters. The van der Waals surface area contributed by atoms with Crippen molar-refractivity contribution in [1.29, 1.82) is 0 Å². The van der Waals surface area contributed by atoms with Crippen molar-refractivity contribution in [3.8, 4) is 11.5 Å². The Morgan fingerprint density at radius 2 is 2.03 bits per heavy atom. The number of carbonyl (C=O) groups excluding carboxylic acids is 2. The van der Waals surface area contributed by atoms with Crippen LogP contribution in [0.4, 0.5) is 0 Å². The van der Waals surface area contributed by atoms with Gasteiger partial charge in [-0.15, -0.1) is 0 Å². The minimum Gasteiger partial charge on any atom is -0.507 e. The van der Waals surface area contributed by atoms with Gasteiger partial charge in [0.25, 0.3) is 0 Å². The molecule has 2 heterocycles. The minimum atomic E-state index is -1.39. The molecule has 1 aromatic carbocycles. The van der Waals surface area contributed by atoms with E-state index < -0.39 is 22.4 Å². The number of phenols is 1. The van der Waals surface area contributed by atoms with Crippen molar-refractivity contribution in [3.63, 3.8) is 0 Å². The first-order chi connectivity index (χ1) is 14.0. The summed E-state index contributed by atoms with van der Waals surface area (Å²) in [7, 11) is 1.49. The predicted molar refractivity (Wildman–Crippen MR) is 109 cm³/mol. The fourth-order valence-corrected chi connectivity index (χ4v) is 6.03. The number of ether oxygens (including phenoxy) is 3. The summed E-state index contributed by atoms with van der Waals surface area (Å²) < 4.78 is 19.0. The highest BCUT2D eigenvalue weighted by Gasteiger charge is 2.84. The third-order valence-corrected chi connectivity index (χ3v) is 7.31. The Bertz CT molecular complexity index is 1060. The van der Waals surface area contributed by atoms with Gasteiger partial charge in [-0.3, -0.25) is 9.59 Å². The Balaban J connectivity index is 1.87. The first-order valence-corrected chi connectivity index (χ1v) is 10.3. The first-order valence-electron chi connectivity index (χ1n) is 10.3. The van der Waals surface area contributed by atoms with Gasteiger partial charge in [0.2, 0.25) is 5.78 Å². The molecule has 5 aliphatic rings. The molecule has 0 aromatic heterocycles. The van der Waals surface area contributed by atoms with E-state index in [0.717, 1.165) is 5.57 Å². The van der Waals surface area contributed by atoms with Crippen LogP contribution in [0.3, 0.4) is 0 Å². The van der Waals surface area contributed by atoms with Gasteiger partial charge in [-0.2, -0.15) is 0 Å². The standard InChI is InChI=1S/C24H26O6/c1-13(2)9-10-23-20(27)22(28-5)11-14-19(26)18-15(25)7-6-8-16(18)29-24(14,23)17(12-22)21(3,4)30-23/h6-9,11,17,25H,10,12H2,1-5H3/t17-,22-,23-,24?/m1/s1. The lowest BCUT2D eigenvalue weighted by molar-refractivity contribution is -0.189. The molecule has 1 aromatic rings. The smallest absolute Gasteiger partial charge is 0.205 e. The fourth-order valence-electron chi connectivity index (χ4n) is 6.03. The van der Waals surface area contributed by atoms with Crippen molar-refractivity contribution in [2.45, 2.75) is 62.9 Å². The normalized spacial score (nSPS) is 37.2. The summed E-state index contributed by atoms with van der Waals surface area (Å²) in [5, 5.41) is 10.4. The number of phenolic OH excluding ortho intramolecular Hbond substituents is 1. The highest BCUT2D eigenvalue weighted by atomic mass is 16.6. The van der Waals surface area contributed by atoms with Crippen LogP contribution < -0.4 is 4.74 Å². The number of aromatic hydroxyl groups is 1. The molecule has 1 unspecified atom stereocenters. The van der Waals surface area contributed by atoms with Gasteiger partial charge < -0.3 is 19.3 Å². The molecule has 1 saturated heterocycles. The third-order valence-electron chi connectivity index (χ3n) is 7.31. The lowest BCUT2D eigenvalue weighted by atomic mass is 9.49. The van der Waals surface area contributed by atoms with E-state index in [1.807, 2.05) is 33.8 Å². The number of rotatable bonds is 3. The van der Waals surface area contributed by atoms with E-state index in [-0.39, 0.29) is 41.0 Å². The van der Waals surface area contributed by atoms with Gasteiger partial charge in [0.15, 0.2) is 17.0 Å². The van der Waals surface area contributed by atoms with Crippen molar-refractivity contribution in [3.05, 3.63) is 47.1 Å². The second-order valence-corrected chi connectivity index (χ2v) is 9.57. The zero-order valence-corrected chi connectivity index (χ0v) is 17.9. The quantitative estimate of drug-likeness (QED) is 0.768. The number of Topliss-reactive ketones (excluding diaryl/α,β-unsaturated/α-hetero) is 2. The number of methoxy groups -OCH3 is 1. The van der Waals surface area contributed by atoms with E-state index in [0.29, 0.717) is 12.0 Å². The van der Waals surface area contributed by atoms with Gasteiger partial charge in [0.1, 0.15) is 22.7 Å². The molecule has 6 nitrogen and oxygen atoms in total. The summed E-state index contributed by atoms with van der Waals surface area (Å²) in [6.07, 6.45) is 4.22. The Morgan fingerprint density at radius 3 is 2.70 bits per heavy atom. The van der Waals surface area contributed by atoms with E-state index >= 15 is 0 Å². The Morgan fingerprint density at radius 1 is 1.30 bits per heavy atom. The van der Waals surface area contributed by atoms with Crippen LogP contribution >= 0.6 is 0 Å². The molecule has 1 saturated carbocycles. The van der Waals surface area contributed by atoms with Crippen molar-refractivity contribution in [2.75, 3.05) is 7.11 Å². The minimum absolute atomic E-state index is 0.121. The maximum absolute atomic E-state index is 14.0. The summed E-state index contributed by atoms with van der Waals surface area (Å²) in [5.74, 6) is -0.691. The van der Waals surface area contributed by atoms with Crippen LogP contribution in [0, 0.1) is 5.92 Å². The number of fused-ring (bicyclic) bond motifs is 1. The molecule has 2 fully saturated rings. The van der Waals surface area contributed by atoms with E-state index in [1.54, 1.807) is 18.2 Å². The molecule has 0 amide bonds. The van der Waals surface area contributed by atoms with Gasteiger partial charge in [-0.25, -0.2) is 0 Å². The van der Waals surface area contributed by atoms with Gasteiger partial charge >= 0.3 is 0 Å². The Hall–Kier alpha value is -2.44. The van der Waals surface area contributed by atoms with E-state index in [1.165, 1.54) is 13.2 Å². The monoisotopic (exact) mass is 410 g/mol. The maximum Gasteiger partial charge on any atom is 0.205 e. The molecule has 1 spiro atoms. The van der Waals surface area contributed by atoms with Crippen LogP contribution in [0.2, 0.25) is 0 Å². The summed E-state index contributed by atoms with van der Waals surface area (Å²) in [4.78, 5) is 27.7. The molecule has 6 heteroatoms. The highest BCUT2D eigenvalue weighted by molar-refractivity contribution is 6.19.